The van der Waals surface area contributed by atoms with Gasteiger partial charge >= 0.3 is 0 Å². The summed E-state index contributed by atoms with van der Waals surface area (Å²) in [6.07, 6.45) is 6.58. The number of halogens is 1. The van der Waals surface area contributed by atoms with Gasteiger partial charge in [0, 0.05) is 36.5 Å². The minimum atomic E-state index is 0.0144. The first-order valence-electron chi connectivity index (χ1n) is 9.20. The maximum atomic E-state index is 13.2. The molecule has 0 atom stereocenters. The highest BCUT2D eigenvalue weighted by atomic mass is 35.5. The van der Waals surface area contributed by atoms with E-state index < -0.39 is 0 Å². The predicted octanol–water partition coefficient (Wildman–Crippen LogP) is 4.48. The molecule has 4 heteroatoms. The molecule has 1 saturated carbocycles. The number of amides is 1. The molecule has 1 fully saturated rings. The van der Waals surface area contributed by atoms with E-state index in [1.807, 2.05) is 18.2 Å². The largest absolute Gasteiger partial charge is 0.299 e. The number of likely N-dealkylation sites (N-methyl/N-ethyl adjacent to an activating group) is 1. The van der Waals surface area contributed by atoms with Crippen molar-refractivity contribution < 1.29 is 4.79 Å². The average molecular weight is 347 g/mol. The first-order chi connectivity index (χ1) is 11.7. The van der Waals surface area contributed by atoms with Gasteiger partial charge in [0.1, 0.15) is 0 Å². The number of carbonyl (C=O) groups excluding carboxylic acids is 1. The highest BCUT2D eigenvalue weighted by molar-refractivity contribution is 6.25. The van der Waals surface area contributed by atoms with Crippen molar-refractivity contribution in [3.63, 3.8) is 0 Å². The molecule has 1 heterocycles. The van der Waals surface area contributed by atoms with Crippen LogP contribution < -0.4 is 0 Å². The van der Waals surface area contributed by atoms with E-state index in [1.165, 1.54) is 29.3 Å². The van der Waals surface area contributed by atoms with Crippen LogP contribution in [0.4, 0.5) is 0 Å². The monoisotopic (exact) mass is 346 g/mol. The van der Waals surface area contributed by atoms with Gasteiger partial charge in [-0.05, 0) is 36.9 Å². The quantitative estimate of drug-likeness (QED) is 0.750. The molecule has 1 aromatic rings. The first kappa shape index (κ1) is 17.5. The van der Waals surface area contributed by atoms with Crippen molar-refractivity contribution in [2.75, 3.05) is 19.6 Å². The molecular weight excluding hydrogens is 320 g/mol. The van der Waals surface area contributed by atoms with Gasteiger partial charge in [-0.25, -0.2) is 4.42 Å². The molecule has 1 aliphatic heterocycles. The summed E-state index contributed by atoms with van der Waals surface area (Å²) in [6.45, 7) is 4.82. The summed E-state index contributed by atoms with van der Waals surface area (Å²) in [5.41, 5.74) is 3.21. The van der Waals surface area contributed by atoms with E-state index in [4.69, 9.17) is 11.8 Å². The van der Waals surface area contributed by atoms with Crippen LogP contribution in [0.15, 0.2) is 35.9 Å². The molecule has 0 bridgehead atoms. The molecular formula is C20H27ClN2O. The van der Waals surface area contributed by atoms with Gasteiger partial charge in [-0.1, -0.05) is 56.5 Å². The molecule has 2 aliphatic rings. The standard InChI is InChI=1S/C20H27ClN2O/c1-2-22-14-13-18(16-9-5-3-6-10-16)19(15-22)20(24)23(21)17-11-7-4-8-12-17/h3,5-6,9-10,17H,2,4,7-8,11-15H2,1H3. The highest BCUT2D eigenvalue weighted by Crippen LogP contribution is 2.31. The molecule has 0 N–H and O–H groups in total. The zero-order chi connectivity index (χ0) is 16.9. The van der Waals surface area contributed by atoms with Crippen molar-refractivity contribution in [3.8, 4) is 0 Å². The molecule has 3 nitrogen and oxygen atoms in total. The van der Waals surface area contributed by atoms with Gasteiger partial charge in [0.05, 0.1) is 0 Å². The molecule has 1 aromatic carbocycles. The van der Waals surface area contributed by atoms with Crippen LogP contribution in [-0.2, 0) is 4.79 Å². The topological polar surface area (TPSA) is 23.6 Å². The Bertz CT molecular complexity index is 593. The smallest absolute Gasteiger partial charge is 0.266 e. The SMILES string of the molecule is CCN1CCC(c2ccccc2)=C(C(=O)N(Cl)C2CCCCC2)C1. The van der Waals surface area contributed by atoms with Gasteiger partial charge in [-0.2, -0.15) is 0 Å². The lowest BCUT2D eigenvalue weighted by atomic mass is 9.91. The molecule has 0 saturated heterocycles. The molecule has 1 aliphatic carbocycles. The minimum absolute atomic E-state index is 0.0144. The summed E-state index contributed by atoms with van der Waals surface area (Å²) in [6, 6.07) is 10.5. The Morgan fingerprint density at radius 2 is 1.92 bits per heavy atom. The molecule has 0 aromatic heterocycles. The zero-order valence-electron chi connectivity index (χ0n) is 14.5. The first-order valence-corrected chi connectivity index (χ1v) is 9.53. The van der Waals surface area contributed by atoms with Gasteiger partial charge in [-0.3, -0.25) is 9.69 Å². The Hall–Kier alpha value is -1.32. The Kier molecular flexibility index (Phi) is 5.96. The number of benzene rings is 1. The third-order valence-corrected chi connectivity index (χ3v) is 5.77. The Labute approximate surface area is 150 Å². The van der Waals surface area contributed by atoms with Crippen LogP contribution in [0.5, 0.6) is 0 Å². The zero-order valence-corrected chi connectivity index (χ0v) is 15.3. The lowest BCUT2D eigenvalue weighted by molar-refractivity contribution is -0.124. The van der Waals surface area contributed by atoms with Crippen LogP contribution in [0.3, 0.4) is 0 Å². The fourth-order valence-electron chi connectivity index (χ4n) is 3.85. The van der Waals surface area contributed by atoms with Crippen molar-refractivity contribution in [2.24, 2.45) is 0 Å². The number of rotatable bonds is 4. The summed E-state index contributed by atoms with van der Waals surface area (Å²) in [5.74, 6) is 0.0144. The third-order valence-electron chi connectivity index (χ3n) is 5.34. The summed E-state index contributed by atoms with van der Waals surface area (Å²) in [7, 11) is 0. The average Bonchev–Trinajstić information content (AvgIpc) is 2.67. The molecule has 0 unspecified atom stereocenters. The van der Waals surface area contributed by atoms with Crippen molar-refractivity contribution in [1.82, 2.24) is 9.32 Å². The summed E-state index contributed by atoms with van der Waals surface area (Å²) in [4.78, 5) is 15.5. The van der Waals surface area contributed by atoms with Crippen molar-refractivity contribution >= 4 is 23.3 Å². The molecule has 0 radical (unpaired) electrons. The number of nitrogens with zero attached hydrogens (tertiary/aromatic N) is 2. The van der Waals surface area contributed by atoms with Gasteiger partial charge < -0.3 is 0 Å². The van der Waals surface area contributed by atoms with Gasteiger partial charge in [0.2, 0.25) is 0 Å². The lowest BCUT2D eigenvalue weighted by Crippen LogP contribution is -2.40. The van der Waals surface area contributed by atoms with Crippen LogP contribution in [-0.4, -0.2) is 40.9 Å². The van der Waals surface area contributed by atoms with Crippen LogP contribution in [0, 0.1) is 0 Å². The Balaban J connectivity index is 1.89. The maximum absolute atomic E-state index is 13.2. The van der Waals surface area contributed by atoms with E-state index in [0.717, 1.165) is 43.5 Å². The van der Waals surface area contributed by atoms with E-state index in [9.17, 15) is 4.79 Å². The highest BCUT2D eigenvalue weighted by Gasteiger charge is 2.31. The Morgan fingerprint density at radius 1 is 1.21 bits per heavy atom. The molecule has 1 amide bonds. The lowest BCUT2D eigenvalue weighted by Gasteiger charge is -2.34. The normalized spacial score (nSPS) is 20.2. The van der Waals surface area contributed by atoms with Gasteiger partial charge in [0.25, 0.3) is 5.91 Å². The van der Waals surface area contributed by atoms with Crippen LogP contribution in [0.25, 0.3) is 5.57 Å². The van der Waals surface area contributed by atoms with Gasteiger partial charge in [0.15, 0.2) is 0 Å². The second kappa shape index (κ2) is 8.17. The van der Waals surface area contributed by atoms with Crippen molar-refractivity contribution in [1.29, 1.82) is 0 Å². The number of hydrogen-bond donors (Lipinski definition) is 0. The molecule has 24 heavy (non-hydrogen) atoms. The number of hydrogen-bond acceptors (Lipinski definition) is 2. The van der Waals surface area contributed by atoms with Crippen molar-refractivity contribution in [3.05, 3.63) is 41.5 Å². The van der Waals surface area contributed by atoms with E-state index in [1.54, 1.807) is 0 Å². The fraction of sp³-hybridized carbons (Fsp3) is 0.550. The second-order valence-electron chi connectivity index (χ2n) is 6.85. The molecule has 0 spiro atoms. The number of carbonyl (C=O) groups is 1. The van der Waals surface area contributed by atoms with Crippen LogP contribution in [0.1, 0.15) is 51.0 Å². The van der Waals surface area contributed by atoms with Crippen molar-refractivity contribution in [2.45, 2.75) is 51.5 Å². The van der Waals surface area contributed by atoms with Crippen LogP contribution >= 0.6 is 11.8 Å². The fourth-order valence-corrected chi connectivity index (χ4v) is 4.14. The van der Waals surface area contributed by atoms with E-state index in [-0.39, 0.29) is 11.9 Å². The summed E-state index contributed by atoms with van der Waals surface area (Å²) >= 11 is 6.52. The molecule has 3 rings (SSSR count). The van der Waals surface area contributed by atoms with Gasteiger partial charge in [-0.15, -0.1) is 0 Å². The summed E-state index contributed by atoms with van der Waals surface area (Å²) < 4.78 is 1.51. The predicted molar refractivity (Wildman–Crippen MR) is 99.7 cm³/mol. The maximum Gasteiger partial charge on any atom is 0.266 e. The molecule has 130 valence electrons. The second-order valence-corrected chi connectivity index (χ2v) is 7.21. The van der Waals surface area contributed by atoms with E-state index in [2.05, 4.69) is 24.0 Å². The summed E-state index contributed by atoms with van der Waals surface area (Å²) in [5, 5.41) is 0. The minimum Gasteiger partial charge on any atom is -0.299 e. The van der Waals surface area contributed by atoms with Crippen LogP contribution in [0.2, 0.25) is 0 Å². The third kappa shape index (κ3) is 3.84. The van der Waals surface area contributed by atoms with E-state index >= 15 is 0 Å². The Morgan fingerprint density at radius 3 is 2.58 bits per heavy atom. The van der Waals surface area contributed by atoms with E-state index in [0.29, 0.717) is 6.54 Å².